The van der Waals surface area contributed by atoms with E-state index in [9.17, 15) is 4.79 Å². The molecule has 2 rings (SSSR count). The number of aliphatic imine (C=N–C) groups is 2. The minimum absolute atomic E-state index is 0.194. The molecule has 0 fully saturated rings. The van der Waals surface area contributed by atoms with E-state index in [0.29, 0.717) is 16.7 Å². The zero-order chi connectivity index (χ0) is 10.1. The molecular weight excluding hydrogens is 220 g/mol. The minimum atomic E-state index is -0.200. The van der Waals surface area contributed by atoms with Crippen molar-refractivity contribution >= 4 is 40.1 Å². The summed E-state index contributed by atoms with van der Waals surface area (Å²) < 4.78 is 0. The van der Waals surface area contributed by atoms with Crippen molar-refractivity contribution in [3.05, 3.63) is 11.6 Å². The molecule has 2 heterocycles. The molecule has 0 bridgehead atoms. The van der Waals surface area contributed by atoms with E-state index in [1.807, 2.05) is 6.08 Å². The highest BCUT2D eigenvalue weighted by Gasteiger charge is 2.29. The SMILES string of the molecule is CC[C@@H]1C=C2C(=O)N=C(CCl)N=C2S1. The molecule has 0 radical (unpaired) electrons. The van der Waals surface area contributed by atoms with Crippen LogP contribution in [0.25, 0.3) is 0 Å². The number of alkyl halides is 1. The zero-order valence-corrected chi connectivity index (χ0v) is 9.23. The predicted molar refractivity (Wildman–Crippen MR) is 60.4 cm³/mol. The first kappa shape index (κ1) is 9.93. The van der Waals surface area contributed by atoms with Gasteiger partial charge in [0.05, 0.1) is 11.5 Å². The van der Waals surface area contributed by atoms with Crippen molar-refractivity contribution in [2.45, 2.75) is 18.6 Å². The maximum Gasteiger partial charge on any atom is 0.281 e. The van der Waals surface area contributed by atoms with Gasteiger partial charge < -0.3 is 0 Å². The highest BCUT2D eigenvalue weighted by atomic mass is 35.5. The largest absolute Gasteiger partial charge is 0.281 e. The summed E-state index contributed by atoms with van der Waals surface area (Å²) in [5.74, 6) is 0.419. The number of thioether (sulfide) groups is 1. The van der Waals surface area contributed by atoms with Crippen LogP contribution < -0.4 is 0 Å². The van der Waals surface area contributed by atoms with Gasteiger partial charge in [-0.3, -0.25) is 4.79 Å². The van der Waals surface area contributed by atoms with Crippen LogP contribution >= 0.6 is 23.4 Å². The molecule has 0 aliphatic carbocycles. The predicted octanol–water partition coefficient (Wildman–Crippen LogP) is 2.01. The average molecular weight is 229 g/mol. The molecule has 0 N–H and O–H groups in total. The number of amides is 1. The molecule has 0 aromatic rings. The van der Waals surface area contributed by atoms with Crippen molar-refractivity contribution in [1.29, 1.82) is 0 Å². The van der Waals surface area contributed by atoms with Crippen LogP contribution in [0.3, 0.4) is 0 Å². The first-order valence-corrected chi connectivity index (χ1v) is 5.81. The lowest BCUT2D eigenvalue weighted by Gasteiger charge is -2.07. The van der Waals surface area contributed by atoms with Gasteiger partial charge in [0.1, 0.15) is 10.9 Å². The molecule has 2 aliphatic rings. The van der Waals surface area contributed by atoms with E-state index in [1.165, 1.54) is 0 Å². The number of fused-ring (bicyclic) bond motifs is 1. The van der Waals surface area contributed by atoms with Gasteiger partial charge in [0, 0.05) is 5.25 Å². The van der Waals surface area contributed by atoms with Gasteiger partial charge >= 0.3 is 0 Å². The molecule has 74 valence electrons. The van der Waals surface area contributed by atoms with Crippen LogP contribution in [0.4, 0.5) is 0 Å². The molecule has 14 heavy (non-hydrogen) atoms. The Hall–Kier alpha value is -0.610. The summed E-state index contributed by atoms with van der Waals surface area (Å²) in [6.45, 7) is 2.08. The maximum atomic E-state index is 11.5. The molecule has 0 aromatic carbocycles. The number of hydrogen-bond donors (Lipinski definition) is 0. The fraction of sp³-hybridized carbons (Fsp3) is 0.444. The van der Waals surface area contributed by atoms with Gasteiger partial charge in [0.25, 0.3) is 5.91 Å². The second-order valence-corrected chi connectivity index (χ2v) is 4.52. The van der Waals surface area contributed by atoms with Crippen LogP contribution in [0.5, 0.6) is 0 Å². The summed E-state index contributed by atoms with van der Waals surface area (Å²) in [6.07, 6.45) is 2.94. The molecule has 0 spiro atoms. The van der Waals surface area contributed by atoms with Gasteiger partial charge in [-0.2, -0.15) is 4.99 Å². The maximum absolute atomic E-state index is 11.5. The number of carbonyl (C=O) groups excluding carboxylic acids is 1. The van der Waals surface area contributed by atoms with Crippen molar-refractivity contribution < 1.29 is 4.79 Å². The molecule has 3 nitrogen and oxygen atoms in total. The Morgan fingerprint density at radius 2 is 2.36 bits per heavy atom. The third-order valence-electron chi connectivity index (χ3n) is 2.06. The normalized spacial score (nSPS) is 25.4. The van der Waals surface area contributed by atoms with E-state index in [-0.39, 0.29) is 11.8 Å². The Morgan fingerprint density at radius 1 is 1.57 bits per heavy atom. The Labute approximate surface area is 91.3 Å². The van der Waals surface area contributed by atoms with Crippen LogP contribution in [0.1, 0.15) is 13.3 Å². The fourth-order valence-electron chi connectivity index (χ4n) is 1.33. The lowest BCUT2D eigenvalue weighted by molar-refractivity contribution is -0.113. The highest BCUT2D eigenvalue weighted by molar-refractivity contribution is 8.15. The number of hydrogen-bond acceptors (Lipinski definition) is 3. The number of amidine groups is 1. The molecule has 0 saturated carbocycles. The quantitative estimate of drug-likeness (QED) is 0.679. The highest BCUT2D eigenvalue weighted by Crippen LogP contribution is 2.32. The van der Waals surface area contributed by atoms with Crippen LogP contribution in [0, 0.1) is 0 Å². The number of rotatable bonds is 2. The third-order valence-corrected chi connectivity index (χ3v) is 3.61. The van der Waals surface area contributed by atoms with Gasteiger partial charge in [-0.1, -0.05) is 24.8 Å². The van der Waals surface area contributed by atoms with E-state index in [2.05, 4.69) is 16.9 Å². The van der Waals surface area contributed by atoms with Crippen LogP contribution in [-0.2, 0) is 4.79 Å². The Bertz CT molecular complexity index is 373. The first-order chi connectivity index (χ1) is 6.74. The minimum Gasteiger partial charge on any atom is -0.267 e. The Kier molecular flexibility index (Phi) is 2.74. The van der Waals surface area contributed by atoms with Gasteiger partial charge in [-0.05, 0) is 6.42 Å². The van der Waals surface area contributed by atoms with E-state index < -0.39 is 0 Å². The van der Waals surface area contributed by atoms with Gasteiger partial charge in [0.15, 0.2) is 0 Å². The molecule has 5 heteroatoms. The molecule has 1 amide bonds. The summed E-state index contributed by atoms with van der Waals surface area (Å²) in [5.41, 5.74) is 0.649. The summed E-state index contributed by atoms with van der Waals surface area (Å²) >= 11 is 7.20. The van der Waals surface area contributed by atoms with E-state index >= 15 is 0 Å². The standard InChI is InChI=1S/C9H9ClN2OS/c1-2-5-3-6-8(13)11-7(4-10)12-9(6)14-5/h3,5H,2,4H2,1H3/t5-/m1/s1. The average Bonchev–Trinajstić information content (AvgIpc) is 2.61. The zero-order valence-electron chi connectivity index (χ0n) is 7.66. The van der Waals surface area contributed by atoms with Crippen LogP contribution in [0.2, 0.25) is 0 Å². The van der Waals surface area contributed by atoms with E-state index in [1.54, 1.807) is 11.8 Å². The third kappa shape index (κ3) is 1.64. The van der Waals surface area contributed by atoms with Crippen LogP contribution in [0.15, 0.2) is 21.6 Å². The Balaban J connectivity index is 2.32. The van der Waals surface area contributed by atoms with Crippen LogP contribution in [-0.4, -0.2) is 27.9 Å². The molecular formula is C9H9ClN2OS. The van der Waals surface area contributed by atoms with Crippen molar-refractivity contribution in [3.63, 3.8) is 0 Å². The van der Waals surface area contributed by atoms with Gasteiger partial charge in [-0.25, -0.2) is 4.99 Å². The Morgan fingerprint density at radius 3 is 3.00 bits per heavy atom. The summed E-state index contributed by atoms with van der Waals surface area (Å²) in [5, 5.41) is 1.14. The second-order valence-electron chi connectivity index (χ2n) is 3.03. The number of carbonyl (C=O) groups is 1. The molecule has 0 aromatic heterocycles. The molecule has 1 atom stereocenters. The smallest absolute Gasteiger partial charge is 0.267 e. The van der Waals surface area contributed by atoms with Crippen molar-refractivity contribution in [2.75, 3.05) is 5.88 Å². The lowest BCUT2D eigenvalue weighted by Crippen LogP contribution is -2.16. The first-order valence-electron chi connectivity index (χ1n) is 4.40. The van der Waals surface area contributed by atoms with E-state index in [0.717, 1.165) is 11.5 Å². The van der Waals surface area contributed by atoms with E-state index in [4.69, 9.17) is 11.6 Å². The molecule has 2 aliphatic heterocycles. The number of nitrogens with zero attached hydrogens (tertiary/aromatic N) is 2. The fourth-order valence-corrected chi connectivity index (χ4v) is 2.55. The van der Waals surface area contributed by atoms with Gasteiger partial charge in [-0.15, -0.1) is 11.6 Å². The monoisotopic (exact) mass is 228 g/mol. The van der Waals surface area contributed by atoms with Crippen molar-refractivity contribution in [1.82, 2.24) is 0 Å². The molecule has 0 saturated heterocycles. The van der Waals surface area contributed by atoms with Crippen molar-refractivity contribution in [2.24, 2.45) is 9.98 Å². The number of halogens is 1. The van der Waals surface area contributed by atoms with Gasteiger partial charge in [0.2, 0.25) is 0 Å². The summed E-state index contributed by atoms with van der Waals surface area (Å²) in [7, 11) is 0. The summed E-state index contributed by atoms with van der Waals surface area (Å²) in [6, 6.07) is 0. The lowest BCUT2D eigenvalue weighted by atomic mass is 10.2. The molecule has 0 unspecified atom stereocenters. The second kappa shape index (κ2) is 3.87. The van der Waals surface area contributed by atoms with Crippen molar-refractivity contribution in [3.8, 4) is 0 Å². The summed E-state index contributed by atoms with van der Waals surface area (Å²) in [4.78, 5) is 19.5. The topological polar surface area (TPSA) is 41.8 Å².